The number of ether oxygens (including phenoxy) is 2. The lowest BCUT2D eigenvalue weighted by Crippen LogP contribution is -2.28. The molecule has 0 radical (unpaired) electrons. The van der Waals surface area contributed by atoms with Gasteiger partial charge in [0, 0.05) is 12.8 Å². The Morgan fingerprint density at radius 1 is 0.418 bits per heavy atom. The topological polar surface area (TPSA) is 72.8 Å². The molecule has 0 saturated carbocycles. The third-order valence-electron chi connectivity index (χ3n) is 11.0. The molecule has 0 aliphatic carbocycles. The van der Waals surface area contributed by atoms with Crippen LogP contribution in [0.4, 0.5) is 0 Å². The van der Waals surface area contributed by atoms with Gasteiger partial charge < -0.3 is 14.6 Å². The smallest absolute Gasteiger partial charge is 0.306 e. The largest absolute Gasteiger partial charge is 0.462 e. The second-order valence-corrected chi connectivity index (χ2v) is 16.5. The first kappa shape index (κ1) is 53.4. The number of hydrogen-bond acceptors (Lipinski definition) is 5. The van der Waals surface area contributed by atoms with Crippen molar-refractivity contribution in [1.82, 2.24) is 0 Å². The SMILES string of the molecule is CCCCCCC/C=C\C/C=C\CCCCCCCCCCCCCCCCCCCCCCCCCC(=O)OC(CO)COC(=O)CCCCCCCC. The lowest BCUT2D eigenvalue weighted by atomic mass is 10.0. The normalized spacial score (nSPS) is 12.3. The molecule has 0 amide bonds. The average Bonchev–Trinajstić information content (AvgIpc) is 3.19. The van der Waals surface area contributed by atoms with E-state index < -0.39 is 6.10 Å². The van der Waals surface area contributed by atoms with Crippen LogP contribution in [0.3, 0.4) is 0 Å². The summed E-state index contributed by atoms with van der Waals surface area (Å²) >= 11 is 0. The van der Waals surface area contributed by atoms with Crippen LogP contribution in [0.2, 0.25) is 0 Å². The maximum absolute atomic E-state index is 12.2. The molecule has 5 heteroatoms. The van der Waals surface area contributed by atoms with Gasteiger partial charge >= 0.3 is 11.9 Å². The standard InChI is InChI=1S/C50H94O5/c1-3-5-7-9-11-12-13-14-15-16-17-18-19-20-21-22-23-24-25-26-27-28-29-30-31-32-33-34-35-36-37-38-39-41-43-45-50(53)55-48(46-51)47-54-49(52)44-42-40-10-8-6-4-2/h13-14,16-17,48,51H,3-12,15,18-47H2,1-2H3/b14-13-,17-16-. The summed E-state index contributed by atoms with van der Waals surface area (Å²) in [5.74, 6) is -0.589. The molecule has 0 aromatic carbocycles. The maximum atomic E-state index is 12.2. The Balaban J connectivity index is 3.33. The van der Waals surface area contributed by atoms with Gasteiger partial charge in [0.15, 0.2) is 6.10 Å². The van der Waals surface area contributed by atoms with E-state index in [9.17, 15) is 14.7 Å². The molecule has 0 aromatic rings. The second kappa shape index (κ2) is 46.8. The van der Waals surface area contributed by atoms with Crippen LogP contribution in [0.15, 0.2) is 24.3 Å². The first-order valence-corrected chi connectivity index (χ1v) is 24.4. The molecule has 0 aromatic heterocycles. The molecule has 0 rings (SSSR count). The van der Waals surface area contributed by atoms with Crippen molar-refractivity contribution >= 4 is 11.9 Å². The molecule has 0 saturated heterocycles. The zero-order valence-electron chi connectivity index (χ0n) is 37.0. The number of rotatable bonds is 45. The molecule has 1 atom stereocenters. The first-order valence-electron chi connectivity index (χ1n) is 24.4. The minimum atomic E-state index is -0.762. The van der Waals surface area contributed by atoms with Crippen LogP contribution in [0.25, 0.3) is 0 Å². The number of hydrogen-bond donors (Lipinski definition) is 1. The fourth-order valence-corrected chi connectivity index (χ4v) is 7.29. The van der Waals surface area contributed by atoms with E-state index in [0.29, 0.717) is 12.8 Å². The molecule has 0 spiro atoms. The number of aliphatic hydroxyl groups excluding tert-OH is 1. The fourth-order valence-electron chi connectivity index (χ4n) is 7.29. The van der Waals surface area contributed by atoms with Crippen molar-refractivity contribution in [2.75, 3.05) is 13.2 Å². The molecule has 55 heavy (non-hydrogen) atoms. The van der Waals surface area contributed by atoms with Gasteiger partial charge in [-0.1, -0.05) is 231 Å². The van der Waals surface area contributed by atoms with Crippen molar-refractivity contribution in [3.05, 3.63) is 24.3 Å². The molecule has 0 aliphatic rings. The predicted octanol–water partition coefficient (Wildman–Crippen LogP) is 15.8. The minimum absolute atomic E-state index is 0.0609. The van der Waals surface area contributed by atoms with Gasteiger partial charge in [0.25, 0.3) is 0 Å². The number of aliphatic hydroxyl groups is 1. The van der Waals surface area contributed by atoms with Crippen LogP contribution < -0.4 is 0 Å². The lowest BCUT2D eigenvalue weighted by molar-refractivity contribution is -0.161. The van der Waals surface area contributed by atoms with Crippen molar-refractivity contribution in [3.63, 3.8) is 0 Å². The molecule has 0 fully saturated rings. The van der Waals surface area contributed by atoms with Gasteiger partial charge in [-0.25, -0.2) is 0 Å². The third-order valence-corrected chi connectivity index (χ3v) is 11.0. The van der Waals surface area contributed by atoms with Gasteiger partial charge in [-0.05, 0) is 44.9 Å². The van der Waals surface area contributed by atoms with Gasteiger partial charge in [-0.15, -0.1) is 0 Å². The Bertz CT molecular complexity index is 836. The number of carbonyl (C=O) groups is 2. The van der Waals surface area contributed by atoms with E-state index >= 15 is 0 Å². The Labute approximate surface area is 343 Å². The number of esters is 2. The monoisotopic (exact) mass is 775 g/mol. The summed E-state index contributed by atoms with van der Waals surface area (Å²) in [6, 6.07) is 0. The molecule has 0 heterocycles. The molecular formula is C50H94O5. The zero-order chi connectivity index (χ0) is 40.0. The highest BCUT2D eigenvalue weighted by atomic mass is 16.6. The highest BCUT2D eigenvalue weighted by Crippen LogP contribution is 2.16. The van der Waals surface area contributed by atoms with Crippen LogP contribution in [-0.4, -0.2) is 36.4 Å². The second-order valence-electron chi connectivity index (χ2n) is 16.5. The fraction of sp³-hybridized carbons (Fsp3) is 0.880. The molecule has 0 aliphatic heterocycles. The number of allylic oxidation sites excluding steroid dienone is 4. The van der Waals surface area contributed by atoms with Gasteiger partial charge in [-0.2, -0.15) is 0 Å². The summed E-state index contributed by atoms with van der Waals surface area (Å²) in [5.41, 5.74) is 0. The molecule has 1 unspecified atom stereocenters. The third kappa shape index (κ3) is 45.0. The van der Waals surface area contributed by atoms with E-state index in [1.807, 2.05) is 0 Å². The Hall–Kier alpha value is -1.62. The van der Waals surface area contributed by atoms with E-state index in [1.165, 1.54) is 193 Å². The first-order chi connectivity index (χ1) is 27.1. The van der Waals surface area contributed by atoms with Gasteiger partial charge in [0.05, 0.1) is 6.61 Å². The maximum Gasteiger partial charge on any atom is 0.306 e. The van der Waals surface area contributed by atoms with Crippen LogP contribution in [-0.2, 0) is 19.1 Å². The van der Waals surface area contributed by atoms with Crippen molar-refractivity contribution in [2.24, 2.45) is 0 Å². The van der Waals surface area contributed by atoms with Crippen molar-refractivity contribution in [2.45, 2.75) is 270 Å². The van der Waals surface area contributed by atoms with E-state index in [-0.39, 0.29) is 25.2 Å². The van der Waals surface area contributed by atoms with Gasteiger partial charge in [0.1, 0.15) is 6.61 Å². The molecule has 0 bridgehead atoms. The Morgan fingerprint density at radius 2 is 0.727 bits per heavy atom. The van der Waals surface area contributed by atoms with Crippen molar-refractivity contribution in [1.29, 1.82) is 0 Å². The lowest BCUT2D eigenvalue weighted by Gasteiger charge is -2.15. The Morgan fingerprint density at radius 3 is 1.07 bits per heavy atom. The number of carbonyl (C=O) groups excluding carboxylic acids is 2. The zero-order valence-corrected chi connectivity index (χ0v) is 37.0. The number of unbranched alkanes of at least 4 members (excludes halogenated alkanes) is 33. The quantitative estimate of drug-likeness (QED) is 0.0379. The van der Waals surface area contributed by atoms with Crippen molar-refractivity contribution < 1.29 is 24.2 Å². The summed E-state index contributed by atoms with van der Waals surface area (Å²) < 4.78 is 10.5. The van der Waals surface area contributed by atoms with Crippen LogP contribution in [0.1, 0.15) is 264 Å². The van der Waals surface area contributed by atoms with Crippen molar-refractivity contribution in [3.8, 4) is 0 Å². The van der Waals surface area contributed by atoms with Gasteiger partial charge in [0.2, 0.25) is 0 Å². The predicted molar refractivity (Wildman–Crippen MR) is 238 cm³/mol. The summed E-state index contributed by atoms with van der Waals surface area (Å²) in [6.45, 7) is 4.08. The van der Waals surface area contributed by atoms with Crippen LogP contribution in [0.5, 0.6) is 0 Å². The molecule has 5 nitrogen and oxygen atoms in total. The van der Waals surface area contributed by atoms with E-state index in [4.69, 9.17) is 9.47 Å². The van der Waals surface area contributed by atoms with Crippen LogP contribution >= 0.6 is 0 Å². The Kier molecular flexibility index (Phi) is 45.4. The minimum Gasteiger partial charge on any atom is -0.462 e. The van der Waals surface area contributed by atoms with E-state index in [0.717, 1.165) is 44.9 Å². The van der Waals surface area contributed by atoms with Crippen LogP contribution in [0, 0.1) is 0 Å². The summed E-state index contributed by atoms with van der Waals surface area (Å²) in [6.07, 6.45) is 57.5. The molecule has 324 valence electrons. The van der Waals surface area contributed by atoms with Gasteiger partial charge in [-0.3, -0.25) is 9.59 Å². The highest BCUT2D eigenvalue weighted by Gasteiger charge is 2.16. The average molecular weight is 775 g/mol. The molecule has 1 N–H and O–H groups in total. The summed E-state index contributed by atoms with van der Waals surface area (Å²) in [7, 11) is 0. The van der Waals surface area contributed by atoms with E-state index in [2.05, 4.69) is 38.2 Å². The summed E-state index contributed by atoms with van der Waals surface area (Å²) in [5, 5.41) is 9.51. The molecular weight excluding hydrogens is 681 g/mol. The summed E-state index contributed by atoms with van der Waals surface area (Å²) in [4.78, 5) is 24.1. The van der Waals surface area contributed by atoms with E-state index in [1.54, 1.807) is 0 Å². The highest BCUT2D eigenvalue weighted by molar-refractivity contribution is 5.70.